The number of aliphatic imine (C=N–C) groups is 1. The molecular formula is C20H28IN5O2. The molecule has 1 aromatic heterocycles. The van der Waals surface area contributed by atoms with Crippen molar-refractivity contribution in [3.05, 3.63) is 60.4 Å². The minimum Gasteiger partial charge on any atom is -0.494 e. The van der Waals surface area contributed by atoms with Gasteiger partial charge in [-0.3, -0.25) is 14.8 Å². The summed E-state index contributed by atoms with van der Waals surface area (Å²) in [7, 11) is 0. The van der Waals surface area contributed by atoms with Crippen LogP contribution in [0, 0.1) is 0 Å². The smallest absolute Gasteiger partial charge is 0.252 e. The molecule has 0 aliphatic rings. The second kappa shape index (κ2) is 14.7. The Morgan fingerprint density at radius 1 is 1.07 bits per heavy atom. The molecule has 0 radical (unpaired) electrons. The van der Waals surface area contributed by atoms with Gasteiger partial charge in [0.25, 0.3) is 5.91 Å². The number of nitrogens with zero attached hydrogens (tertiary/aromatic N) is 2. The Morgan fingerprint density at radius 3 is 2.57 bits per heavy atom. The second-order valence-electron chi connectivity index (χ2n) is 5.70. The molecule has 28 heavy (non-hydrogen) atoms. The van der Waals surface area contributed by atoms with Crippen molar-refractivity contribution in [2.75, 3.05) is 32.8 Å². The fraction of sp³-hybridized carbons (Fsp3) is 0.350. The number of pyridine rings is 1. The number of aromatic nitrogens is 1. The normalized spacial score (nSPS) is 10.5. The van der Waals surface area contributed by atoms with E-state index in [0.29, 0.717) is 31.8 Å². The van der Waals surface area contributed by atoms with Crippen LogP contribution in [0.25, 0.3) is 0 Å². The number of para-hydroxylation sites is 1. The summed E-state index contributed by atoms with van der Waals surface area (Å²) >= 11 is 0. The molecule has 0 saturated carbocycles. The Hall–Kier alpha value is -2.36. The molecule has 0 unspecified atom stereocenters. The standard InChI is InChI=1S/C20H27N5O2.HI/c1-2-22-20(24-12-7-15-27-18-9-4-3-5-10-18)25-14-13-23-19(26)17-8-6-11-21-16-17;/h3-6,8-11,16H,2,7,12-15H2,1H3,(H,23,26)(H2,22,24,25);1H. The van der Waals surface area contributed by atoms with Crippen LogP contribution in [0.4, 0.5) is 0 Å². The molecule has 0 bridgehead atoms. The summed E-state index contributed by atoms with van der Waals surface area (Å²) in [5.41, 5.74) is 0.552. The topological polar surface area (TPSA) is 87.6 Å². The average Bonchev–Trinajstić information content (AvgIpc) is 2.72. The van der Waals surface area contributed by atoms with Crippen molar-refractivity contribution in [1.29, 1.82) is 0 Å². The molecule has 1 heterocycles. The van der Waals surface area contributed by atoms with E-state index >= 15 is 0 Å². The molecule has 2 aromatic rings. The molecule has 0 saturated heterocycles. The van der Waals surface area contributed by atoms with E-state index in [-0.39, 0.29) is 29.9 Å². The molecule has 0 atom stereocenters. The van der Waals surface area contributed by atoms with Crippen LogP contribution in [0.5, 0.6) is 5.75 Å². The van der Waals surface area contributed by atoms with E-state index in [1.165, 1.54) is 0 Å². The number of rotatable bonds is 10. The summed E-state index contributed by atoms with van der Waals surface area (Å²) in [5.74, 6) is 1.47. The summed E-state index contributed by atoms with van der Waals surface area (Å²) in [6.07, 6.45) is 4.01. The van der Waals surface area contributed by atoms with Gasteiger partial charge >= 0.3 is 0 Å². The molecule has 0 aliphatic heterocycles. The van der Waals surface area contributed by atoms with E-state index < -0.39 is 0 Å². The van der Waals surface area contributed by atoms with Gasteiger partial charge in [-0.25, -0.2) is 0 Å². The lowest BCUT2D eigenvalue weighted by atomic mass is 10.3. The van der Waals surface area contributed by atoms with E-state index in [1.54, 1.807) is 24.5 Å². The zero-order valence-corrected chi connectivity index (χ0v) is 18.4. The fourth-order valence-electron chi connectivity index (χ4n) is 2.26. The molecule has 0 spiro atoms. The van der Waals surface area contributed by atoms with Gasteiger partial charge < -0.3 is 20.7 Å². The van der Waals surface area contributed by atoms with Crippen molar-refractivity contribution in [2.45, 2.75) is 13.3 Å². The van der Waals surface area contributed by atoms with E-state index in [2.05, 4.69) is 25.9 Å². The van der Waals surface area contributed by atoms with Gasteiger partial charge in [-0.05, 0) is 31.2 Å². The van der Waals surface area contributed by atoms with Gasteiger partial charge in [0.15, 0.2) is 5.96 Å². The number of hydrogen-bond donors (Lipinski definition) is 3. The summed E-state index contributed by atoms with van der Waals surface area (Å²) in [4.78, 5) is 20.4. The Bertz CT molecular complexity index is 698. The summed E-state index contributed by atoms with van der Waals surface area (Å²) in [6.45, 7) is 5.14. The Morgan fingerprint density at radius 2 is 1.86 bits per heavy atom. The quantitative estimate of drug-likeness (QED) is 0.203. The number of ether oxygens (including phenoxy) is 1. The molecule has 1 aromatic carbocycles. The lowest BCUT2D eigenvalue weighted by Gasteiger charge is -2.12. The van der Waals surface area contributed by atoms with Crippen molar-refractivity contribution in [3.63, 3.8) is 0 Å². The van der Waals surface area contributed by atoms with Crippen LogP contribution in [0.15, 0.2) is 59.9 Å². The first kappa shape index (κ1) is 23.7. The predicted octanol–water partition coefficient (Wildman–Crippen LogP) is 2.45. The maximum atomic E-state index is 11.9. The molecule has 152 valence electrons. The number of carbonyl (C=O) groups is 1. The zero-order valence-electron chi connectivity index (χ0n) is 16.1. The Labute approximate surface area is 183 Å². The van der Waals surface area contributed by atoms with Gasteiger partial charge in [-0.1, -0.05) is 18.2 Å². The number of carbonyl (C=O) groups excluding carboxylic acids is 1. The zero-order chi connectivity index (χ0) is 19.2. The van der Waals surface area contributed by atoms with E-state index in [9.17, 15) is 4.79 Å². The van der Waals surface area contributed by atoms with Crippen molar-refractivity contribution < 1.29 is 9.53 Å². The summed E-state index contributed by atoms with van der Waals surface area (Å²) in [6, 6.07) is 13.2. The van der Waals surface area contributed by atoms with Crippen LogP contribution in [-0.4, -0.2) is 49.6 Å². The molecule has 0 aliphatic carbocycles. The number of nitrogens with one attached hydrogen (secondary N) is 3. The highest BCUT2D eigenvalue weighted by Crippen LogP contribution is 2.08. The molecule has 3 N–H and O–H groups in total. The maximum absolute atomic E-state index is 11.9. The van der Waals surface area contributed by atoms with Crippen LogP contribution in [0.1, 0.15) is 23.7 Å². The molecule has 1 amide bonds. The molecule has 0 fully saturated rings. The third kappa shape index (κ3) is 9.54. The van der Waals surface area contributed by atoms with Crippen molar-refractivity contribution >= 4 is 35.8 Å². The van der Waals surface area contributed by atoms with Crippen LogP contribution >= 0.6 is 24.0 Å². The van der Waals surface area contributed by atoms with Crippen molar-refractivity contribution in [1.82, 2.24) is 20.9 Å². The van der Waals surface area contributed by atoms with Crippen molar-refractivity contribution in [2.24, 2.45) is 4.99 Å². The summed E-state index contributed by atoms with van der Waals surface area (Å²) in [5, 5.41) is 9.24. The number of benzene rings is 1. The predicted molar refractivity (Wildman–Crippen MR) is 123 cm³/mol. The third-order valence-electron chi connectivity index (χ3n) is 3.56. The Kier molecular flexibility index (Phi) is 12.4. The van der Waals surface area contributed by atoms with Crippen LogP contribution < -0.4 is 20.7 Å². The van der Waals surface area contributed by atoms with Gasteiger partial charge in [0.1, 0.15) is 5.75 Å². The number of hydrogen-bond acceptors (Lipinski definition) is 4. The number of halogens is 1. The highest BCUT2D eigenvalue weighted by molar-refractivity contribution is 14.0. The number of amides is 1. The van der Waals surface area contributed by atoms with Gasteiger partial charge in [0.2, 0.25) is 0 Å². The third-order valence-corrected chi connectivity index (χ3v) is 3.56. The molecule has 8 heteroatoms. The van der Waals surface area contributed by atoms with Gasteiger partial charge in [-0.2, -0.15) is 0 Å². The minimum absolute atomic E-state index is 0. The van der Waals surface area contributed by atoms with E-state index in [4.69, 9.17) is 4.74 Å². The lowest BCUT2D eigenvalue weighted by molar-refractivity contribution is 0.0954. The minimum atomic E-state index is -0.134. The molecule has 2 rings (SSSR count). The van der Waals surface area contributed by atoms with Gasteiger partial charge in [0.05, 0.1) is 12.2 Å². The van der Waals surface area contributed by atoms with Gasteiger partial charge in [-0.15, -0.1) is 24.0 Å². The van der Waals surface area contributed by atoms with Crippen LogP contribution in [0.3, 0.4) is 0 Å². The van der Waals surface area contributed by atoms with Crippen LogP contribution in [0.2, 0.25) is 0 Å². The second-order valence-corrected chi connectivity index (χ2v) is 5.70. The van der Waals surface area contributed by atoms with Gasteiger partial charge in [0, 0.05) is 45.0 Å². The average molecular weight is 497 g/mol. The highest BCUT2D eigenvalue weighted by atomic mass is 127. The Balaban J connectivity index is 0.00000392. The largest absolute Gasteiger partial charge is 0.494 e. The first-order chi connectivity index (χ1) is 13.3. The monoisotopic (exact) mass is 497 g/mol. The lowest BCUT2D eigenvalue weighted by Crippen LogP contribution is -2.41. The van der Waals surface area contributed by atoms with Crippen molar-refractivity contribution in [3.8, 4) is 5.75 Å². The highest BCUT2D eigenvalue weighted by Gasteiger charge is 2.04. The first-order valence-corrected chi connectivity index (χ1v) is 9.18. The summed E-state index contributed by atoms with van der Waals surface area (Å²) < 4.78 is 5.65. The number of guanidine groups is 1. The van der Waals surface area contributed by atoms with E-state index in [1.807, 2.05) is 37.3 Å². The molecular weight excluding hydrogens is 469 g/mol. The van der Waals surface area contributed by atoms with Crippen LogP contribution in [-0.2, 0) is 0 Å². The molecule has 7 nitrogen and oxygen atoms in total. The maximum Gasteiger partial charge on any atom is 0.252 e. The fourth-order valence-corrected chi connectivity index (χ4v) is 2.26. The first-order valence-electron chi connectivity index (χ1n) is 9.18. The SMILES string of the molecule is CCNC(=NCCCOc1ccccc1)NCCNC(=O)c1cccnc1.I. The van der Waals surface area contributed by atoms with E-state index in [0.717, 1.165) is 24.7 Å².